The SMILES string of the molecule is O=C(Cc1cccs1)Cc1ccc(F)cc1F. The number of hydrogen-bond acceptors (Lipinski definition) is 2. The number of halogens is 2. The van der Waals surface area contributed by atoms with Crippen LogP contribution in [0.25, 0.3) is 0 Å². The van der Waals surface area contributed by atoms with Crippen LogP contribution >= 0.6 is 11.3 Å². The predicted molar refractivity (Wildman–Crippen MR) is 63.1 cm³/mol. The minimum atomic E-state index is -0.662. The van der Waals surface area contributed by atoms with Crippen molar-refractivity contribution in [3.63, 3.8) is 0 Å². The van der Waals surface area contributed by atoms with Gasteiger partial charge in [0.15, 0.2) is 0 Å². The second kappa shape index (κ2) is 5.19. The molecule has 0 bridgehead atoms. The van der Waals surface area contributed by atoms with Crippen LogP contribution < -0.4 is 0 Å². The van der Waals surface area contributed by atoms with E-state index in [1.54, 1.807) is 0 Å². The van der Waals surface area contributed by atoms with E-state index in [9.17, 15) is 13.6 Å². The lowest BCUT2D eigenvalue weighted by Gasteiger charge is -2.02. The van der Waals surface area contributed by atoms with Crippen LogP contribution in [-0.4, -0.2) is 5.78 Å². The van der Waals surface area contributed by atoms with Gasteiger partial charge in [-0.15, -0.1) is 11.3 Å². The molecule has 88 valence electrons. The van der Waals surface area contributed by atoms with E-state index < -0.39 is 11.6 Å². The Morgan fingerprint density at radius 1 is 1.18 bits per heavy atom. The largest absolute Gasteiger partial charge is 0.299 e. The first-order valence-electron chi connectivity index (χ1n) is 5.13. The van der Waals surface area contributed by atoms with Gasteiger partial charge in [-0.25, -0.2) is 8.78 Å². The number of carbonyl (C=O) groups excluding carboxylic acids is 1. The zero-order chi connectivity index (χ0) is 12.3. The van der Waals surface area contributed by atoms with Crippen molar-refractivity contribution in [3.8, 4) is 0 Å². The van der Waals surface area contributed by atoms with Crippen LogP contribution in [0.3, 0.4) is 0 Å². The molecule has 0 saturated carbocycles. The molecule has 1 aromatic heterocycles. The van der Waals surface area contributed by atoms with E-state index in [1.807, 2.05) is 17.5 Å². The summed E-state index contributed by atoms with van der Waals surface area (Å²) in [5.41, 5.74) is 0.243. The molecule has 2 rings (SSSR count). The lowest BCUT2D eigenvalue weighted by atomic mass is 10.1. The van der Waals surface area contributed by atoms with Crippen LogP contribution in [0.15, 0.2) is 35.7 Å². The van der Waals surface area contributed by atoms with Crippen LogP contribution in [0, 0.1) is 11.6 Å². The fourth-order valence-corrected chi connectivity index (χ4v) is 2.28. The number of carbonyl (C=O) groups is 1. The Bertz CT molecular complexity index is 520. The predicted octanol–water partition coefficient (Wildman–Crippen LogP) is 3.38. The smallest absolute Gasteiger partial charge is 0.142 e. The van der Waals surface area contributed by atoms with Gasteiger partial charge in [-0.3, -0.25) is 4.79 Å². The van der Waals surface area contributed by atoms with Crippen molar-refractivity contribution in [1.29, 1.82) is 0 Å². The van der Waals surface area contributed by atoms with Gasteiger partial charge in [0.05, 0.1) is 0 Å². The van der Waals surface area contributed by atoms with Crippen LogP contribution in [-0.2, 0) is 17.6 Å². The summed E-state index contributed by atoms with van der Waals surface area (Å²) < 4.78 is 26.0. The molecule has 0 radical (unpaired) electrons. The fraction of sp³-hybridized carbons (Fsp3) is 0.154. The third kappa shape index (κ3) is 3.20. The lowest BCUT2D eigenvalue weighted by molar-refractivity contribution is -0.117. The van der Waals surface area contributed by atoms with Crippen molar-refractivity contribution < 1.29 is 13.6 Å². The molecule has 0 fully saturated rings. The highest BCUT2D eigenvalue weighted by atomic mass is 32.1. The summed E-state index contributed by atoms with van der Waals surface area (Å²) in [5.74, 6) is -1.36. The second-order valence-corrected chi connectivity index (χ2v) is 4.74. The van der Waals surface area contributed by atoms with E-state index in [0.717, 1.165) is 17.0 Å². The first-order chi connectivity index (χ1) is 8.15. The second-order valence-electron chi connectivity index (χ2n) is 3.71. The van der Waals surface area contributed by atoms with Gasteiger partial charge < -0.3 is 0 Å². The summed E-state index contributed by atoms with van der Waals surface area (Å²) in [6, 6.07) is 7.01. The van der Waals surface area contributed by atoms with Crippen molar-refractivity contribution in [2.24, 2.45) is 0 Å². The van der Waals surface area contributed by atoms with Crippen LogP contribution in [0.2, 0.25) is 0 Å². The molecule has 1 nitrogen and oxygen atoms in total. The summed E-state index contributed by atoms with van der Waals surface area (Å²) in [6.07, 6.45) is 0.304. The zero-order valence-electron chi connectivity index (χ0n) is 8.95. The summed E-state index contributed by atoms with van der Waals surface area (Å²) in [6.45, 7) is 0. The topological polar surface area (TPSA) is 17.1 Å². The molecule has 17 heavy (non-hydrogen) atoms. The molecule has 2 aromatic rings. The average Bonchev–Trinajstić information content (AvgIpc) is 2.75. The molecule has 0 saturated heterocycles. The van der Waals surface area contributed by atoms with Crippen molar-refractivity contribution in [1.82, 2.24) is 0 Å². The van der Waals surface area contributed by atoms with E-state index >= 15 is 0 Å². The normalized spacial score (nSPS) is 10.5. The highest BCUT2D eigenvalue weighted by molar-refractivity contribution is 7.10. The van der Waals surface area contributed by atoms with Gasteiger partial charge in [0.1, 0.15) is 17.4 Å². The Kier molecular flexibility index (Phi) is 3.64. The Morgan fingerprint density at radius 2 is 2.00 bits per heavy atom. The van der Waals surface area contributed by atoms with Gasteiger partial charge in [-0.1, -0.05) is 12.1 Å². The van der Waals surface area contributed by atoms with Crippen molar-refractivity contribution in [2.75, 3.05) is 0 Å². The molecule has 0 aliphatic carbocycles. The molecule has 1 heterocycles. The average molecular weight is 252 g/mol. The molecular weight excluding hydrogens is 242 g/mol. The first-order valence-corrected chi connectivity index (χ1v) is 6.01. The maximum absolute atomic E-state index is 13.3. The summed E-state index contributed by atoms with van der Waals surface area (Å²) >= 11 is 1.49. The Morgan fingerprint density at radius 3 is 2.65 bits per heavy atom. The first kappa shape index (κ1) is 11.9. The Balaban J connectivity index is 2.03. The highest BCUT2D eigenvalue weighted by Crippen LogP contribution is 2.14. The minimum Gasteiger partial charge on any atom is -0.299 e. The monoisotopic (exact) mass is 252 g/mol. The highest BCUT2D eigenvalue weighted by Gasteiger charge is 2.10. The van der Waals surface area contributed by atoms with E-state index in [-0.39, 0.29) is 17.8 Å². The van der Waals surface area contributed by atoms with Crippen LogP contribution in [0.5, 0.6) is 0 Å². The van der Waals surface area contributed by atoms with Crippen LogP contribution in [0.1, 0.15) is 10.4 Å². The molecule has 0 N–H and O–H groups in total. The van der Waals surface area contributed by atoms with E-state index in [1.165, 1.54) is 17.4 Å². The van der Waals surface area contributed by atoms with Crippen LogP contribution in [0.4, 0.5) is 8.78 Å². The number of benzene rings is 1. The quantitative estimate of drug-likeness (QED) is 0.815. The van der Waals surface area contributed by atoms with Gasteiger partial charge in [0, 0.05) is 23.8 Å². The number of thiophene rings is 1. The number of hydrogen-bond donors (Lipinski definition) is 0. The van der Waals surface area contributed by atoms with E-state index in [0.29, 0.717) is 6.42 Å². The van der Waals surface area contributed by atoms with Crippen molar-refractivity contribution in [3.05, 3.63) is 57.8 Å². The van der Waals surface area contributed by atoms with Crippen molar-refractivity contribution in [2.45, 2.75) is 12.8 Å². The lowest BCUT2D eigenvalue weighted by Crippen LogP contribution is -2.07. The Hall–Kier alpha value is -1.55. The number of ketones is 1. The third-order valence-corrected chi connectivity index (χ3v) is 3.23. The summed E-state index contributed by atoms with van der Waals surface area (Å²) in [4.78, 5) is 12.6. The molecule has 1 aromatic carbocycles. The molecule has 0 amide bonds. The summed E-state index contributed by atoms with van der Waals surface area (Å²) in [5, 5.41) is 1.89. The van der Waals surface area contributed by atoms with Crippen molar-refractivity contribution >= 4 is 17.1 Å². The van der Waals surface area contributed by atoms with Gasteiger partial charge in [0.25, 0.3) is 0 Å². The van der Waals surface area contributed by atoms with Gasteiger partial charge in [0.2, 0.25) is 0 Å². The van der Waals surface area contributed by atoms with E-state index in [4.69, 9.17) is 0 Å². The minimum absolute atomic E-state index is 0.00398. The molecule has 4 heteroatoms. The Labute approximate surface area is 102 Å². The standard InChI is InChI=1S/C13H10F2OS/c14-10-4-3-9(13(15)7-10)6-11(16)8-12-2-1-5-17-12/h1-5,7H,6,8H2. The molecule has 0 aliphatic heterocycles. The maximum atomic E-state index is 13.3. The van der Waals surface area contributed by atoms with E-state index in [2.05, 4.69) is 0 Å². The van der Waals surface area contributed by atoms with Gasteiger partial charge in [-0.2, -0.15) is 0 Å². The number of rotatable bonds is 4. The summed E-state index contributed by atoms with van der Waals surface area (Å²) in [7, 11) is 0. The fourth-order valence-electron chi connectivity index (χ4n) is 1.55. The maximum Gasteiger partial charge on any atom is 0.142 e. The van der Waals surface area contributed by atoms with Gasteiger partial charge in [-0.05, 0) is 23.1 Å². The number of Topliss-reactive ketones (excluding diaryl/α,β-unsaturated/α-hetero) is 1. The molecule has 0 spiro atoms. The molecule has 0 unspecified atom stereocenters. The third-order valence-electron chi connectivity index (χ3n) is 2.35. The zero-order valence-corrected chi connectivity index (χ0v) is 9.77. The molecular formula is C13H10F2OS. The van der Waals surface area contributed by atoms with Gasteiger partial charge >= 0.3 is 0 Å². The molecule has 0 aliphatic rings. The molecule has 0 atom stereocenters.